The van der Waals surface area contributed by atoms with Gasteiger partial charge in [0.15, 0.2) is 6.29 Å². The molecule has 0 aliphatic carbocycles. The Labute approximate surface area is 171 Å². The second kappa shape index (κ2) is 9.83. The first-order valence-corrected chi connectivity index (χ1v) is 10.1. The average Bonchev–Trinajstić information content (AvgIpc) is 3.25. The predicted octanol–water partition coefficient (Wildman–Crippen LogP) is 4.58. The molecule has 29 heavy (non-hydrogen) atoms. The minimum absolute atomic E-state index is 0.0959. The number of carbonyl (C=O) groups excluding carboxylic acids is 1. The van der Waals surface area contributed by atoms with Gasteiger partial charge in [0.1, 0.15) is 6.10 Å². The average molecular weight is 394 g/mol. The predicted molar refractivity (Wildman–Crippen MR) is 108 cm³/mol. The normalized spacial score (nSPS) is 26.2. The Morgan fingerprint density at radius 3 is 2.66 bits per heavy atom. The van der Waals surface area contributed by atoms with Crippen molar-refractivity contribution in [3.63, 3.8) is 0 Å². The number of hydrogen-bond acceptors (Lipinski definition) is 5. The number of ether oxygens (including phenoxy) is 4. The van der Waals surface area contributed by atoms with Crippen LogP contribution in [0, 0.1) is 0 Å². The van der Waals surface area contributed by atoms with Gasteiger partial charge in [-0.15, -0.1) is 0 Å². The molecule has 0 radical (unpaired) electrons. The molecule has 3 heterocycles. The molecule has 2 aromatic carbocycles. The molecule has 0 aromatic heterocycles. The fraction of sp³-hybridized carbons (Fsp3) is 0.375. The molecule has 0 spiro atoms. The molecule has 152 valence electrons. The Hall–Kier alpha value is -2.47. The third-order valence-electron chi connectivity index (χ3n) is 5.13. The Morgan fingerprint density at radius 2 is 1.83 bits per heavy atom. The number of benzene rings is 2. The second-order valence-corrected chi connectivity index (χ2v) is 7.28. The number of hydrogen-bond donors (Lipinski definition) is 0. The van der Waals surface area contributed by atoms with Crippen molar-refractivity contribution in [1.82, 2.24) is 0 Å². The fourth-order valence-corrected chi connectivity index (χ4v) is 3.47. The third-order valence-corrected chi connectivity index (χ3v) is 5.13. The molecule has 3 atom stereocenters. The summed E-state index contributed by atoms with van der Waals surface area (Å²) in [5.41, 5.74) is 2.56. The topological polar surface area (TPSA) is 54.0 Å². The van der Waals surface area contributed by atoms with E-state index in [0.29, 0.717) is 25.4 Å². The number of rotatable bonds is 3. The molecule has 1 fully saturated rings. The first kappa shape index (κ1) is 19.8. The third kappa shape index (κ3) is 5.32. The summed E-state index contributed by atoms with van der Waals surface area (Å²) in [6, 6.07) is 17.4. The summed E-state index contributed by atoms with van der Waals surface area (Å²) in [6.45, 7) is 1.42. The van der Waals surface area contributed by atoms with Gasteiger partial charge in [-0.25, -0.2) is 4.79 Å². The van der Waals surface area contributed by atoms with E-state index in [4.69, 9.17) is 18.9 Å². The standard InChI is InChI=1S/C24H26O5/c25-23-19-11-13-20(14-12-19)24-28-17-22(29-24)21(10-6-1-2-7-15-26-23)27-16-18-8-4-3-5-9-18/h1,3-6,8-9,11-14,21-22,24H,2,7,10,15-17H2/b6-1-/t21-,22+,24-/m0/s1. The van der Waals surface area contributed by atoms with Crippen LogP contribution in [-0.2, 0) is 25.6 Å². The summed E-state index contributed by atoms with van der Waals surface area (Å²) < 4.78 is 23.6. The van der Waals surface area contributed by atoms with Crippen molar-refractivity contribution in [3.8, 4) is 0 Å². The van der Waals surface area contributed by atoms with E-state index in [1.54, 1.807) is 12.1 Å². The summed E-state index contributed by atoms with van der Waals surface area (Å²) in [7, 11) is 0. The number of allylic oxidation sites excluding steroid dienone is 1. The monoisotopic (exact) mass is 394 g/mol. The molecule has 5 rings (SSSR count). The zero-order valence-electron chi connectivity index (χ0n) is 16.4. The van der Waals surface area contributed by atoms with Gasteiger partial charge in [-0.05, 0) is 37.0 Å². The van der Waals surface area contributed by atoms with E-state index in [1.807, 2.05) is 30.3 Å². The zero-order chi connectivity index (χ0) is 19.9. The smallest absolute Gasteiger partial charge is 0.338 e. The van der Waals surface area contributed by atoms with Gasteiger partial charge < -0.3 is 18.9 Å². The van der Waals surface area contributed by atoms with E-state index in [-0.39, 0.29) is 18.2 Å². The highest BCUT2D eigenvalue weighted by molar-refractivity contribution is 5.89. The minimum Gasteiger partial charge on any atom is -0.462 e. The highest BCUT2D eigenvalue weighted by Crippen LogP contribution is 2.30. The molecule has 1 saturated heterocycles. The van der Waals surface area contributed by atoms with Crippen LogP contribution in [-0.4, -0.2) is 31.4 Å². The van der Waals surface area contributed by atoms with Crippen molar-refractivity contribution in [2.75, 3.05) is 13.2 Å². The van der Waals surface area contributed by atoms with E-state index in [1.165, 1.54) is 0 Å². The van der Waals surface area contributed by atoms with Gasteiger partial charge >= 0.3 is 5.97 Å². The summed E-state index contributed by atoms with van der Waals surface area (Å²) >= 11 is 0. The first-order chi connectivity index (χ1) is 14.3. The molecule has 0 unspecified atom stereocenters. The summed E-state index contributed by atoms with van der Waals surface area (Å²) in [6.07, 6.45) is 5.92. The molecule has 2 aromatic rings. The fourth-order valence-electron chi connectivity index (χ4n) is 3.47. The highest BCUT2D eigenvalue weighted by atomic mass is 16.7. The minimum atomic E-state index is -0.454. The number of fused-ring (bicyclic) bond motifs is 9. The summed E-state index contributed by atoms with van der Waals surface area (Å²) in [4.78, 5) is 12.1. The summed E-state index contributed by atoms with van der Waals surface area (Å²) in [5.74, 6) is -0.298. The van der Waals surface area contributed by atoms with Crippen molar-refractivity contribution >= 4 is 5.97 Å². The Balaban J connectivity index is 1.48. The molecule has 0 saturated carbocycles. The van der Waals surface area contributed by atoms with Crippen LogP contribution in [0.1, 0.15) is 47.0 Å². The van der Waals surface area contributed by atoms with Crippen molar-refractivity contribution in [2.45, 2.75) is 44.4 Å². The Bertz CT molecular complexity index is 815. The maximum Gasteiger partial charge on any atom is 0.338 e. The Kier molecular flexibility index (Phi) is 6.72. The van der Waals surface area contributed by atoms with Crippen molar-refractivity contribution in [3.05, 3.63) is 83.4 Å². The lowest BCUT2D eigenvalue weighted by Crippen LogP contribution is -2.30. The number of carbonyl (C=O) groups is 1. The van der Waals surface area contributed by atoms with E-state index in [9.17, 15) is 4.79 Å². The molecule has 4 bridgehead atoms. The zero-order valence-corrected chi connectivity index (χ0v) is 16.4. The van der Waals surface area contributed by atoms with Crippen molar-refractivity contribution in [2.24, 2.45) is 0 Å². The largest absolute Gasteiger partial charge is 0.462 e. The van der Waals surface area contributed by atoms with Crippen LogP contribution in [0.5, 0.6) is 0 Å². The van der Waals surface area contributed by atoms with Crippen LogP contribution in [0.4, 0.5) is 0 Å². The van der Waals surface area contributed by atoms with Crippen LogP contribution < -0.4 is 0 Å². The van der Waals surface area contributed by atoms with Crippen molar-refractivity contribution < 1.29 is 23.7 Å². The maximum absolute atomic E-state index is 12.1. The highest BCUT2D eigenvalue weighted by Gasteiger charge is 2.33. The van der Waals surface area contributed by atoms with Crippen LogP contribution in [0.2, 0.25) is 0 Å². The van der Waals surface area contributed by atoms with Crippen LogP contribution >= 0.6 is 0 Å². The van der Waals surface area contributed by atoms with Crippen LogP contribution in [0.3, 0.4) is 0 Å². The molecule has 5 heteroatoms. The SMILES string of the molecule is O=C1OCCC/C=C\C[C@H](OCc2ccccc2)[C@H]2CO[C@@H](O2)c2ccc1cc2. The van der Waals surface area contributed by atoms with Gasteiger partial charge in [-0.1, -0.05) is 54.6 Å². The Morgan fingerprint density at radius 1 is 1.00 bits per heavy atom. The van der Waals surface area contributed by atoms with Gasteiger partial charge in [0.2, 0.25) is 0 Å². The molecule has 3 aliphatic rings. The lowest BCUT2D eigenvalue weighted by Gasteiger charge is -2.22. The quantitative estimate of drug-likeness (QED) is 0.563. The molecule has 5 nitrogen and oxygen atoms in total. The second-order valence-electron chi connectivity index (χ2n) is 7.28. The van der Waals surface area contributed by atoms with Crippen LogP contribution in [0.25, 0.3) is 0 Å². The van der Waals surface area contributed by atoms with E-state index >= 15 is 0 Å². The maximum atomic E-state index is 12.1. The summed E-state index contributed by atoms with van der Waals surface area (Å²) in [5, 5.41) is 0. The van der Waals surface area contributed by atoms with Gasteiger partial charge in [-0.2, -0.15) is 0 Å². The van der Waals surface area contributed by atoms with Gasteiger partial charge in [-0.3, -0.25) is 0 Å². The molecule has 0 amide bonds. The molecule has 0 N–H and O–H groups in total. The molecular weight excluding hydrogens is 368 g/mol. The molecule has 3 aliphatic heterocycles. The van der Waals surface area contributed by atoms with Crippen LogP contribution in [0.15, 0.2) is 66.7 Å². The van der Waals surface area contributed by atoms with Gasteiger partial charge in [0.05, 0.1) is 31.5 Å². The molecular formula is C24H26O5. The van der Waals surface area contributed by atoms with Gasteiger partial charge in [0.25, 0.3) is 0 Å². The van der Waals surface area contributed by atoms with Gasteiger partial charge in [0, 0.05) is 5.56 Å². The van der Waals surface area contributed by atoms with E-state index in [2.05, 4.69) is 24.3 Å². The van der Waals surface area contributed by atoms with E-state index in [0.717, 1.165) is 30.4 Å². The first-order valence-electron chi connectivity index (χ1n) is 10.1. The van der Waals surface area contributed by atoms with Crippen molar-refractivity contribution in [1.29, 1.82) is 0 Å². The lowest BCUT2D eigenvalue weighted by atomic mass is 10.1. The lowest BCUT2D eigenvalue weighted by molar-refractivity contribution is -0.0997. The van der Waals surface area contributed by atoms with E-state index < -0.39 is 6.29 Å². The number of esters is 1.